The fourth-order valence-electron chi connectivity index (χ4n) is 0.396. The van der Waals surface area contributed by atoms with E-state index in [1.54, 1.807) is 11.3 Å². The lowest BCUT2D eigenvalue weighted by Gasteiger charge is -1.68. The highest BCUT2D eigenvalue weighted by molar-refractivity contribution is 7.14. The molecule has 0 aliphatic rings. The molecule has 52 valence electrons. The molecular formula is C7H11ClS. The first kappa shape index (κ1) is 8.99. The summed E-state index contributed by atoms with van der Waals surface area (Å²) in [6, 6.07) is 1.95. The van der Waals surface area contributed by atoms with Gasteiger partial charge in [0.1, 0.15) is 0 Å². The van der Waals surface area contributed by atoms with Gasteiger partial charge < -0.3 is 0 Å². The highest BCUT2D eigenvalue weighted by Gasteiger charge is 1.86. The first-order valence-electron chi connectivity index (χ1n) is 2.99. The van der Waals surface area contributed by atoms with Crippen LogP contribution in [0.2, 0.25) is 4.34 Å². The Labute approximate surface area is 65.5 Å². The second-order valence-corrected chi connectivity index (χ2v) is 2.97. The first-order chi connectivity index (χ1) is 4.29. The lowest BCUT2D eigenvalue weighted by molar-refractivity contribution is 1.50. The maximum atomic E-state index is 5.58. The molecule has 0 amide bonds. The van der Waals surface area contributed by atoms with E-state index in [0.29, 0.717) is 0 Å². The Hall–Kier alpha value is -0.0100. The Bertz CT molecular complexity index is 141. The van der Waals surface area contributed by atoms with Crippen molar-refractivity contribution in [3.8, 4) is 0 Å². The average molecular weight is 163 g/mol. The minimum atomic E-state index is 0.873. The van der Waals surface area contributed by atoms with E-state index < -0.39 is 0 Å². The standard InChI is InChI=1S/C5H5ClS.C2H6/c1-4-2-5(6)7-3-4;1-2/h2-3H,1H3;1-2H3. The smallest absolute Gasteiger partial charge is 0.0931 e. The van der Waals surface area contributed by atoms with Gasteiger partial charge in [0.15, 0.2) is 0 Å². The highest BCUT2D eigenvalue weighted by atomic mass is 35.5. The maximum absolute atomic E-state index is 5.58. The van der Waals surface area contributed by atoms with Crippen molar-refractivity contribution in [2.75, 3.05) is 0 Å². The summed E-state index contributed by atoms with van der Waals surface area (Å²) in [5.41, 5.74) is 1.25. The quantitative estimate of drug-likeness (QED) is 0.545. The molecule has 1 heterocycles. The first-order valence-corrected chi connectivity index (χ1v) is 4.25. The Balaban J connectivity index is 0.000000291. The minimum absolute atomic E-state index is 0.873. The fraction of sp³-hybridized carbons (Fsp3) is 0.429. The van der Waals surface area contributed by atoms with Crippen LogP contribution < -0.4 is 0 Å². The van der Waals surface area contributed by atoms with E-state index in [0.717, 1.165) is 4.34 Å². The molecule has 0 radical (unpaired) electrons. The second kappa shape index (κ2) is 4.83. The molecule has 9 heavy (non-hydrogen) atoms. The monoisotopic (exact) mass is 162 g/mol. The molecule has 0 N–H and O–H groups in total. The summed E-state index contributed by atoms with van der Waals surface area (Å²) in [5.74, 6) is 0. The van der Waals surface area contributed by atoms with Gasteiger partial charge >= 0.3 is 0 Å². The molecule has 2 heteroatoms. The molecule has 0 nitrogen and oxygen atoms in total. The van der Waals surface area contributed by atoms with E-state index in [4.69, 9.17) is 11.6 Å². The van der Waals surface area contributed by atoms with Crippen LogP contribution in [0.1, 0.15) is 19.4 Å². The van der Waals surface area contributed by atoms with E-state index in [1.807, 2.05) is 32.2 Å². The van der Waals surface area contributed by atoms with Crippen LogP contribution in [0.3, 0.4) is 0 Å². The zero-order valence-electron chi connectivity index (χ0n) is 5.94. The third-order valence-electron chi connectivity index (χ3n) is 0.699. The van der Waals surface area contributed by atoms with E-state index >= 15 is 0 Å². The number of aryl methyl sites for hydroxylation is 1. The summed E-state index contributed by atoms with van der Waals surface area (Å²) in [4.78, 5) is 0. The molecule has 0 bridgehead atoms. The molecule has 0 saturated heterocycles. The number of rotatable bonds is 0. The molecular weight excluding hydrogens is 152 g/mol. The van der Waals surface area contributed by atoms with Crippen LogP contribution in [-0.2, 0) is 0 Å². The zero-order valence-corrected chi connectivity index (χ0v) is 7.51. The summed E-state index contributed by atoms with van der Waals surface area (Å²) in [7, 11) is 0. The predicted molar refractivity (Wildman–Crippen MR) is 45.4 cm³/mol. The van der Waals surface area contributed by atoms with Gasteiger partial charge in [-0.25, -0.2) is 0 Å². The third-order valence-corrected chi connectivity index (χ3v) is 1.91. The van der Waals surface area contributed by atoms with Crippen molar-refractivity contribution in [3.05, 3.63) is 21.3 Å². The Morgan fingerprint density at radius 1 is 1.44 bits per heavy atom. The lowest BCUT2D eigenvalue weighted by Crippen LogP contribution is -1.49. The topological polar surface area (TPSA) is 0 Å². The highest BCUT2D eigenvalue weighted by Crippen LogP contribution is 2.18. The second-order valence-electron chi connectivity index (χ2n) is 1.43. The van der Waals surface area contributed by atoms with Gasteiger partial charge in [-0.05, 0) is 23.9 Å². The van der Waals surface area contributed by atoms with E-state index in [9.17, 15) is 0 Å². The van der Waals surface area contributed by atoms with Gasteiger partial charge in [0.05, 0.1) is 4.34 Å². The van der Waals surface area contributed by atoms with Crippen molar-refractivity contribution in [1.29, 1.82) is 0 Å². The van der Waals surface area contributed by atoms with Crippen LogP contribution in [0.25, 0.3) is 0 Å². The molecule has 0 fully saturated rings. The number of halogens is 1. The molecule has 0 aromatic carbocycles. The number of thiophene rings is 1. The number of hydrogen-bond acceptors (Lipinski definition) is 1. The van der Waals surface area contributed by atoms with Gasteiger partial charge in [-0.15, -0.1) is 11.3 Å². The van der Waals surface area contributed by atoms with Crippen molar-refractivity contribution in [3.63, 3.8) is 0 Å². The normalized spacial score (nSPS) is 8.00. The van der Waals surface area contributed by atoms with Crippen LogP contribution in [0.5, 0.6) is 0 Å². The van der Waals surface area contributed by atoms with Crippen molar-refractivity contribution in [2.24, 2.45) is 0 Å². The van der Waals surface area contributed by atoms with Crippen LogP contribution in [-0.4, -0.2) is 0 Å². The molecule has 0 atom stereocenters. The summed E-state index contributed by atoms with van der Waals surface area (Å²) in [6.07, 6.45) is 0. The average Bonchev–Trinajstić information content (AvgIpc) is 2.20. The molecule has 1 rings (SSSR count). The summed E-state index contributed by atoms with van der Waals surface area (Å²) in [5, 5.41) is 2.03. The van der Waals surface area contributed by atoms with E-state index in [1.165, 1.54) is 5.56 Å². The van der Waals surface area contributed by atoms with Crippen LogP contribution in [0.4, 0.5) is 0 Å². The third kappa shape index (κ3) is 3.55. The largest absolute Gasteiger partial charge is 0.132 e. The van der Waals surface area contributed by atoms with Gasteiger partial charge in [0, 0.05) is 0 Å². The SMILES string of the molecule is CC.Cc1csc(Cl)c1. The predicted octanol–water partition coefficient (Wildman–Crippen LogP) is 3.74. The van der Waals surface area contributed by atoms with Gasteiger partial charge in [-0.1, -0.05) is 25.4 Å². The molecule has 0 saturated carbocycles. The molecule has 1 aromatic rings. The van der Waals surface area contributed by atoms with Gasteiger partial charge in [0.25, 0.3) is 0 Å². The molecule has 0 unspecified atom stereocenters. The maximum Gasteiger partial charge on any atom is 0.0931 e. The Morgan fingerprint density at radius 3 is 2.11 bits per heavy atom. The summed E-state index contributed by atoms with van der Waals surface area (Å²) in [6.45, 7) is 6.03. The van der Waals surface area contributed by atoms with Gasteiger partial charge in [-0.3, -0.25) is 0 Å². The van der Waals surface area contributed by atoms with Gasteiger partial charge in [0.2, 0.25) is 0 Å². The minimum Gasteiger partial charge on any atom is -0.132 e. The van der Waals surface area contributed by atoms with Crippen LogP contribution in [0.15, 0.2) is 11.4 Å². The van der Waals surface area contributed by atoms with Crippen molar-refractivity contribution in [2.45, 2.75) is 20.8 Å². The van der Waals surface area contributed by atoms with Crippen molar-refractivity contribution >= 4 is 22.9 Å². The van der Waals surface area contributed by atoms with Gasteiger partial charge in [-0.2, -0.15) is 0 Å². The van der Waals surface area contributed by atoms with Crippen molar-refractivity contribution in [1.82, 2.24) is 0 Å². The number of hydrogen-bond donors (Lipinski definition) is 0. The van der Waals surface area contributed by atoms with E-state index in [-0.39, 0.29) is 0 Å². The summed E-state index contributed by atoms with van der Waals surface area (Å²) < 4.78 is 0.873. The van der Waals surface area contributed by atoms with E-state index in [2.05, 4.69) is 0 Å². The molecule has 1 aromatic heterocycles. The zero-order chi connectivity index (χ0) is 7.28. The van der Waals surface area contributed by atoms with Crippen LogP contribution >= 0.6 is 22.9 Å². The lowest BCUT2D eigenvalue weighted by atomic mass is 10.4. The summed E-state index contributed by atoms with van der Waals surface area (Å²) >= 11 is 7.15. The Kier molecular flexibility index (Phi) is 4.83. The molecule has 0 aliphatic heterocycles. The van der Waals surface area contributed by atoms with Crippen molar-refractivity contribution < 1.29 is 0 Å². The molecule has 0 aliphatic carbocycles. The Morgan fingerprint density at radius 2 is 2.00 bits per heavy atom. The molecule has 0 spiro atoms. The fourth-order valence-corrected chi connectivity index (χ4v) is 1.32. The van der Waals surface area contributed by atoms with Crippen LogP contribution in [0, 0.1) is 6.92 Å².